The molecule has 11 nitrogen and oxygen atoms in total. The Labute approximate surface area is 181 Å². The average Bonchev–Trinajstić information content (AvgIpc) is 3.13. The summed E-state index contributed by atoms with van der Waals surface area (Å²) in [4.78, 5) is 61.7. The quantitative estimate of drug-likeness (QED) is 0.285. The van der Waals surface area contributed by atoms with E-state index in [0.29, 0.717) is 25.8 Å². The first-order chi connectivity index (χ1) is 14.3. The number of carbonyl (C=O) groups is 5. The summed E-state index contributed by atoms with van der Waals surface area (Å²) in [6.45, 7) is 7.60. The molecule has 1 heterocycles. The minimum absolute atomic E-state index is 0.218. The summed E-state index contributed by atoms with van der Waals surface area (Å²) >= 11 is 0. The number of carboxylic acids is 2. The maximum absolute atomic E-state index is 12.9. The highest BCUT2D eigenvalue weighted by molar-refractivity contribution is 5.95. The van der Waals surface area contributed by atoms with Crippen molar-refractivity contribution in [1.82, 2.24) is 15.5 Å². The average molecular weight is 443 g/mol. The number of rotatable bonds is 11. The van der Waals surface area contributed by atoms with Crippen LogP contribution in [-0.4, -0.2) is 75.5 Å². The molecule has 0 saturated carbocycles. The lowest BCUT2D eigenvalue weighted by Gasteiger charge is -2.30. The molecular formula is C20H34N4O7. The van der Waals surface area contributed by atoms with Crippen LogP contribution in [0.2, 0.25) is 0 Å². The molecule has 0 spiro atoms. The van der Waals surface area contributed by atoms with E-state index in [0.717, 1.165) is 0 Å². The summed E-state index contributed by atoms with van der Waals surface area (Å²) in [5.74, 6) is -4.70. The Hall–Kier alpha value is -2.69. The molecule has 0 bridgehead atoms. The van der Waals surface area contributed by atoms with Gasteiger partial charge < -0.3 is 31.5 Å². The third-order valence-corrected chi connectivity index (χ3v) is 5.12. The van der Waals surface area contributed by atoms with E-state index in [1.54, 1.807) is 13.8 Å². The smallest absolute Gasteiger partial charge is 0.326 e. The van der Waals surface area contributed by atoms with Crippen LogP contribution in [0.15, 0.2) is 0 Å². The number of carboxylic acid groups (broad SMARTS) is 2. The molecule has 1 saturated heterocycles. The largest absolute Gasteiger partial charge is 0.481 e. The van der Waals surface area contributed by atoms with Crippen molar-refractivity contribution in [3.63, 3.8) is 0 Å². The van der Waals surface area contributed by atoms with Crippen molar-refractivity contribution in [2.45, 2.75) is 77.5 Å². The summed E-state index contributed by atoms with van der Waals surface area (Å²) in [7, 11) is 0. The van der Waals surface area contributed by atoms with Crippen LogP contribution >= 0.6 is 0 Å². The van der Waals surface area contributed by atoms with E-state index < -0.39 is 60.3 Å². The van der Waals surface area contributed by atoms with Crippen molar-refractivity contribution in [2.24, 2.45) is 17.6 Å². The summed E-state index contributed by atoms with van der Waals surface area (Å²) in [5, 5.41) is 22.7. The van der Waals surface area contributed by atoms with Crippen molar-refractivity contribution in [1.29, 1.82) is 0 Å². The zero-order valence-corrected chi connectivity index (χ0v) is 18.5. The predicted octanol–water partition coefficient (Wildman–Crippen LogP) is -0.464. The van der Waals surface area contributed by atoms with Crippen molar-refractivity contribution >= 4 is 29.7 Å². The molecule has 1 fully saturated rings. The van der Waals surface area contributed by atoms with Gasteiger partial charge in [0.05, 0.1) is 12.5 Å². The molecular weight excluding hydrogens is 408 g/mol. The number of hydrogen-bond donors (Lipinski definition) is 5. The van der Waals surface area contributed by atoms with Crippen LogP contribution in [0.1, 0.15) is 53.4 Å². The Bertz CT molecular complexity index is 695. The van der Waals surface area contributed by atoms with Gasteiger partial charge in [-0.25, -0.2) is 4.79 Å². The van der Waals surface area contributed by atoms with E-state index in [-0.39, 0.29) is 11.8 Å². The molecule has 0 aromatic carbocycles. The van der Waals surface area contributed by atoms with Gasteiger partial charge in [-0.3, -0.25) is 19.2 Å². The zero-order valence-electron chi connectivity index (χ0n) is 18.5. The fraction of sp³-hybridized carbons (Fsp3) is 0.750. The lowest BCUT2D eigenvalue weighted by Crippen LogP contribution is -2.58. The van der Waals surface area contributed by atoms with E-state index in [1.165, 1.54) is 4.90 Å². The van der Waals surface area contributed by atoms with Gasteiger partial charge in [0.2, 0.25) is 17.7 Å². The molecule has 1 aliphatic rings. The second-order valence-electron chi connectivity index (χ2n) is 8.65. The highest BCUT2D eigenvalue weighted by Gasteiger charge is 2.38. The first-order valence-electron chi connectivity index (χ1n) is 10.5. The Morgan fingerprint density at radius 3 is 2.16 bits per heavy atom. The number of aliphatic carboxylic acids is 2. The second kappa shape index (κ2) is 11.6. The monoisotopic (exact) mass is 442 g/mol. The number of amides is 3. The zero-order chi connectivity index (χ0) is 23.9. The summed E-state index contributed by atoms with van der Waals surface area (Å²) < 4.78 is 0. The van der Waals surface area contributed by atoms with Crippen LogP contribution in [0.4, 0.5) is 0 Å². The van der Waals surface area contributed by atoms with E-state index in [1.807, 2.05) is 13.8 Å². The second-order valence-corrected chi connectivity index (χ2v) is 8.65. The van der Waals surface area contributed by atoms with E-state index in [2.05, 4.69) is 10.6 Å². The Morgan fingerprint density at radius 2 is 1.68 bits per heavy atom. The van der Waals surface area contributed by atoms with Gasteiger partial charge in [0, 0.05) is 6.54 Å². The summed E-state index contributed by atoms with van der Waals surface area (Å²) in [6.07, 6.45) is 0.741. The van der Waals surface area contributed by atoms with Crippen molar-refractivity contribution in [3.05, 3.63) is 0 Å². The van der Waals surface area contributed by atoms with Crippen LogP contribution in [0.3, 0.4) is 0 Å². The van der Waals surface area contributed by atoms with Crippen LogP contribution in [-0.2, 0) is 24.0 Å². The molecule has 0 aromatic rings. The third kappa shape index (κ3) is 7.82. The fourth-order valence-electron chi connectivity index (χ4n) is 3.55. The molecule has 6 N–H and O–H groups in total. The van der Waals surface area contributed by atoms with Crippen LogP contribution in [0.25, 0.3) is 0 Å². The summed E-state index contributed by atoms with van der Waals surface area (Å²) in [6, 6.07) is -4.20. The summed E-state index contributed by atoms with van der Waals surface area (Å²) in [5.41, 5.74) is 5.99. The van der Waals surface area contributed by atoms with Crippen molar-refractivity contribution < 1.29 is 34.2 Å². The SMILES string of the molecule is CC(C)CC(N)C(=O)N1CCCC1C(=O)NC(C(=O)NC(CC(=O)O)C(=O)O)C(C)C. The minimum Gasteiger partial charge on any atom is -0.481 e. The van der Waals surface area contributed by atoms with Crippen molar-refractivity contribution in [3.8, 4) is 0 Å². The van der Waals surface area contributed by atoms with Crippen LogP contribution in [0, 0.1) is 11.8 Å². The Balaban J connectivity index is 2.88. The van der Waals surface area contributed by atoms with Gasteiger partial charge in [0.25, 0.3) is 0 Å². The van der Waals surface area contributed by atoms with Crippen molar-refractivity contribution in [2.75, 3.05) is 6.54 Å². The van der Waals surface area contributed by atoms with Gasteiger partial charge in [-0.15, -0.1) is 0 Å². The number of likely N-dealkylation sites (tertiary alicyclic amines) is 1. The molecule has 0 aliphatic carbocycles. The highest BCUT2D eigenvalue weighted by Crippen LogP contribution is 2.20. The van der Waals surface area contributed by atoms with Crippen LogP contribution < -0.4 is 16.4 Å². The number of carbonyl (C=O) groups excluding carboxylic acids is 3. The first kappa shape index (κ1) is 26.3. The molecule has 0 radical (unpaired) electrons. The molecule has 0 aromatic heterocycles. The fourth-order valence-corrected chi connectivity index (χ4v) is 3.55. The molecule has 1 rings (SSSR count). The lowest BCUT2D eigenvalue weighted by atomic mass is 10.0. The van der Waals surface area contributed by atoms with Gasteiger partial charge >= 0.3 is 11.9 Å². The van der Waals surface area contributed by atoms with Gasteiger partial charge in [0.1, 0.15) is 18.1 Å². The van der Waals surface area contributed by atoms with Crippen LogP contribution in [0.5, 0.6) is 0 Å². The third-order valence-electron chi connectivity index (χ3n) is 5.12. The van der Waals surface area contributed by atoms with E-state index in [9.17, 15) is 24.0 Å². The Kier molecular flexibility index (Phi) is 9.89. The van der Waals surface area contributed by atoms with Gasteiger partial charge in [-0.1, -0.05) is 27.7 Å². The predicted molar refractivity (Wildman–Crippen MR) is 111 cm³/mol. The number of nitrogens with zero attached hydrogens (tertiary/aromatic N) is 1. The van der Waals surface area contributed by atoms with E-state index >= 15 is 0 Å². The number of nitrogens with one attached hydrogen (secondary N) is 2. The molecule has 3 amide bonds. The minimum atomic E-state index is -1.62. The standard InChI is InChI=1S/C20H34N4O7/c1-10(2)8-12(21)19(29)24-7-5-6-14(24)17(27)23-16(11(3)4)18(28)22-13(20(30)31)9-15(25)26/h10-14,16H,5-9,21H2,1-4H3,(H,22,28)(H,23,27)(H,25,26)(H,30,31). The van der Waals surface area contributed by atoms with Gasteiger partial charge in [0.15, 0.2) is 0 Å². The molecule has 4 unspecified atom stereocenters. The first-order valence-corrected chi connectivity index (χ1v) is 10.5. The highest BCUT2D eigenvalue weighted by atomic mass is 16.4. The number of hydrogen-bond acceptors (Lipinski definition) is 6. The maximum atomic E-state index is 12.9. The lowest BCUT2D eigenvalue weighted by molar-refractivity contribution is -0.147. The topological polar surface area (TPSA) is 179 Å². The maximum Gasteiger partial charge on any atom is 0.326 e. The molecule has 176 valence electrons. The van der Waals surface area contributed by atoms with E-state index in [4.69, 9.17) is 15.9 Å². The Morgan fingerprint density at radius 1 is 1.06 bits per heavy atom. The number of nitrogens with two attached hydrogens (primary N) is 1. The van der Waals surface area contributed by atoms with Gasteiger partial charge in [-0.05, 0) is 31.1 Å². The molecule has 11 heteroatoms. The molecule has 1 aliphatic heterocycles. The molecule has 4 atom stereocenters. The normalized spacial score (nSPS) is 19.1. The molecule has 31 heavy (non-hydrogen) atoms. The van der Waals surface area contributed by atoms with Gasteiger partial charge in [-0.2, -0.15) is 0 Å².